The monoisotopic (exact) mass is 492 g/mol. The summed E-state index contributed by atoms with van der Waals surface area (Å²) < 4.78 is 0. The highest BCUT2D eigenvalue weighted by Crippen LogP contribution is 2.32. The minimum absolute atomic E-state index is 0.0208. The van der Waals surface area contributed by atoms with E-state index in [1.54, 1.807) is 17.7 Å². The molecule has 2 saturated heterocycles. The second-order valence-electron chi connectivity index (χ2n) is 9.58. The van der Waals surface area contributed by atoms with Crippen LogP contribution >= 0.6 is 11.3 Å². The van der Waals surface area contributed by atoms with Crippen LogP contribution in [0, 0.1) is 5.92 Å². The van der Waals surface area contributed by atoms with Crippen molar-refractivity contribution < 1.29 is 4.79 Å². The van der Waals surface area contributed by atoms with Crippen molar-refractivity contribution in [3.05, 3.63) is 47.6 Å². The Balaban J connectivity index is 1.06. The van der Waals surface area contributed by atoms with Gasteiger partial charge in [0.1, 0.15) is 17.0 Å². The quantitative estimate of drug-likeness (QED) is 0.483. The van der Waals surface area contributed by atoms with Crippen LogP contribution in [0.3, 0.4) is 0 Å². The summed E-state index contributed by atoms with van der Waals surface area (Å²) in [5.74, 6) is 1.19. The number of amides is 1. The van der Waals surface area contributed by atoms with Crippen molar-refractivity contribution in [2.45, 2.75) is 32.6 Å². The molecule has 0 spiro atoms. The first-order chi connectivity index (χ1) is 17.2. The average Bonchev–Trinajstić information content (AvgIpc) is 3.36. The summed E-state index contributed by atoms with van der Waals surface area (Å²) in [6.45, 7) is 9.92. The second-order valence-corrected chi connectivity index (χ2v) is 10.7. The number of hydrogen-bond acceptors (Lipinski definition) is 7. The van der Waals surface area contributed by atoms with E-state index in [1.807, 2.05) is 0 Å². The molecule has 2 aromatic heterocycles. The predicted octanol–water partition coefficient (Wildman–Crippen LogP) is 3.80. The SMILES string of the molecule is CCc1cc2c(N3CCCC(C(=O)NCCCN4CCN(c5ccccc5)CC4)C3)ncnc2s1. The Kier molecular flexibility index (Phi) is 7.79. The zero-order chi connectivity index (χ0) is 24.0. The molecule has 2 fully saturated rings. The molecule has 1 aromatic carbocycles. The van der Waals surface area contributed by atoms with Crippen LogP contribution in [0.2, 0.25) is 0 Å². The van der Waals surface area contributed by atoms with Crippen LogP contribution in [0.15, 0.2) is 42.7 Å². The van der Waals surface area contributed by atoms with E-state index < -0.39 is 0 Å². The van der Waals surface area contributed by atoms with Gasteiger partial charge in [-0.25, -0.2) is 9.97 Å². The number of fused-ring (bicyclic) bond motifs is 1. The van der Waals surface area contributed by atoms with Crippen molar-refractivity contribution in [1.82, 2.24) is 20.2 Å². The smallest absolute Gasteiger partial charge is 0.224 e. The zero-order valence-electron chi connectivity index (χ0n) is 20.7. The van der Waals surface area contributed by atoms with Gasteiger partial charge in [0.05, 0.1) is 11.3 Å². The number of nitrogens with one attached hydrogen (secondary N) is 1. The summed E-state index contributed by atoms with van der Waals surface area (Å²) >= 11 is 1.74. The number of aromatic nitrogens is 2. The molecule has 2 aliphatic rings. The minimum Gasteiger partial charge on any atom is -0.369 e. The average molecular weight is 493 g/mol. The van der Waals surface area contributed by atoms with Crippen molar-refractivity contribution in [3.63, 3.8) is 0 Å². The fourth-order valence-corrected chi connectivity index (χ4v) is 6.16. The highest BCUT2D eigenvalue weighted by Gasteiger charge is 2.27. The van der Waals surface area contributed by atoms with Gasteiger partial charge in [-0.15, -0.1) is 11.3 Å². The molecule has 1 amide bonds. The number of thiophene rings is 1. The molecule has 1 unspecified atom stereocenters. The molecule has 5 rings (SSSR count). The number of piperazine rings is 1. The number of aryl methyl sites for hydroxylation is 1. The third-order valence-corrected chi connectivity index (χ3v) is 8.43. The molecule has 0 aliphatic carbocycles. The van der Waals surface area contributed by atoms with Gasteiger partial charge in [-0.3, -0.25) is 9.69 Å². The molecule has 1 N–H and O–H groups in total. The Hall–Kier alpha value is -2.71. The Morgan fingerprint density at radius 1 is 1.09 bits per heavy atom. The minimum atomic E-state index is 0.0208. The van der Waals surface area contributed by atoms with Gasteiger partial charge in [0.15, 0.2) is 0 Å². The van der Waals surface area contributed by atoms with Crippen LogP contribution in [-0.4, -0.2) is 73.1 Å². The predicted molar refractivity (Wildman–Crippen MR) is 144 cm³/mol. The van der Waals surface area contributed by atoms with Gasteiger partial charge in [-0.1, -0.05) is 25.1 Å². The molecule has 186 valence electrons. The summed E-state index contributed by atoms with van der Waals surface area (Å²) in [5.41, 5.74) is 1.31. The number of hydrogen-bond donors (Lipinski definition) is 1. The second kappa shape index (κ2) is 11.4. The van der Waals surface area contributed by atoms with Crippen molar-refractivity contribution in [3.8, 4) is 0 Å². The van der Waals surface area contributed by atoms with E-state index in [-0.39, 0.29) is 11.8 Å². The lowest BCUT2D eigenvalue weighted by Crippen LogP contribution is -2.47. The Labute approximate surface area is 212 Å². The molecular weight excluding hydrogens is 456 g/mol. The number of nitrogens with zero attached hydrogens (tertiary/aromatic N) is 5. The maximum absolute atomic E-state index is 13.0. The van der Waals surface area contributed by atoms with Crippen molar-refractivity contribution in [1.29, 1.82) is 0 Å². The molecule has 8 heteroatoms. The molecule has 0 bridgehead atoms. The molecule has 0 radical (unpaired) electrons. The summed E-state index contributed by atoms with van der Waals surface area (Å²) in [5, 5.41) is 4.34. The van der Waals surface area contributed by atoms with Gasteiger partial charge in [-0.05, 0) is 50.4 Å². The summed E-state index contributed by atoms with van der Waals surface area (Å²) in [7, 11) is 0. The lowest BCUT2D eigenvalue weighted by Gasteiger charge is -2.36. The van der Waals surface area contributed by atoms with Crippen LogP contribution < -0.4 is 15.1 Å². The first kappa shape index (κ1) is 24.0. The number of carbonyl (C=O) groups excluding carboxylic acids is 1. The molecule has 2 aliphatic heterocycles. The first-order valence-electron chi connectivity index (χ1n) is 13.0. The maximum Gasteiger partial charge on any atom is 0.224 e. The Morgan fingerprint density at radius 3 is 2.71 bits per heavy atom. The van der Waals surface area contributed by atoms with Gasteiger partial charge >= 0.3 is 0 Å². The van der Waals surface area contributed by atoms with Crippen molar-refractivity contribution in [2.24, 2.45) is 5.92 Å². The van der Waals surface area contributed by atoms with Gasteiger partial charge in [0, 0.05) is 56.4 Å². The number of piperidine rings is 1. The van der Waals surface area contributed by atoms with Crippen LogP contribution in [0.1, 0.15) is 31.1 Å². The van der Waals surface area contributed by atoms with Crippen LogP contribution in [0.25, 0.3) is 10.2 Å². The van der Waals surface area contributed by atoms with E-state index in [0.29, 0.717) is 0 Å². The van der Waals surface area contributed by atoms with Gasteiger partial charge in [0.2, 0.25) is 5.91 Å². The summed E-state index contributed by atoms with van der Waals surface area (Å²) in [6, 6.07) is 12.9. The molecule has 7 nitrogen and oxygen atoms in total. The maximum atomic E-state index is 13.0. The number of carbonyl (C=O) groups is 1. The lowest BCUT2D eigenvalue weighted by molar-refractivity contribution is -0.125. The number of para-hydroxylation sites is 1. The topological polar surface area (TPSA) is 64.6 Å². The van der Waals surface area contributed by atoms with E-state index in [2.05, 4.69) is 73.3 Å². The van der Waals surface area contributed by atoms with E-state index >= 15 is 0 Å². The third-order valence-electron chi connectivity index (χ3n) is 7.24. The number of rotatable bonds is 8. The molecule has 1 atom stereocenters. The summed E-state index contributed by atoms with van der Waals surface area (Å²) in [6.07, 6.45) is 5.63. The Bertz CT molecular complexity index is 1110. The van der Waals surface area contributed by atoms with Crippen LogP contribution in [-0.2, 0) is 11.2 Å². The van der Waals surface area contributed by atoms with E-state index in [0.717, 1.165) is 94.1 Å². The molecule has 0 saturated carbocycles. The standard InChI is InChI=1S/C27H36N6OS/c1-2-23-18-24-25(29-20-30-27(24)35-23)33-13-6-8-21(19-33)26(34)28-11-7-12-31-14-16-32(17-15-31)22-9-4-3-5-10-22/h3-5,9-10,18,20-21H,2,6-8,11-17,19H2,1H3,(H,28,34). The molecule has 3 aromatic rings. The lowest BCUT2D eigenvalue weighted by atomic mass is 9.97. The van der Waals surface area contributed by atoms with Gasteiger partial charge in [-0.2, -0.15) is 0 Å². The van der Waals surface area contributed by atoms with Crippen molar-refractivity contribution >= 4 is 39.0 Å². The van der Waals surface area contributed by atoms with Gasteiger partial charge < -0.3 is 15.1 Å². The fourth-order valence-electron chi connectivity index (χ4n) is 5.23. The van der Waals surface area contributed by atoms with Crippen molar-refractivity contribution in [2.75, 3.05) is 62.2 Å². The first-order valence-corrected chi connectivity index (χ1v) is 13.8. The highest BCUT2D eigenvalue weighted by atomic mass is 32.1. The molecular formula is C27H36N6OS. The summed E-state index contributed by atoms with van der Waals surface area (Å²) in [4.78, 5) is 31.6. The zero-order valence-corrected chi connectivity index (χ0v) is 21.5. The van der Waals surface area contributed by atoms with E-state index in [9.17, 15) is 4.79 Å². The largest absolute Gasteiger partial charge is 0.369 e. The Morgan fingerprint density at radius 2 is 1.91 bits per heavy atom. The van der Waals surface area contributed by atoms with E-state index in [4.69, 9.17) is 0 Å². The molecule has 4 heterocycles. The van der Waals surface area contributed by atoms with Gasteiger partial charge in [0.25, 0.3) is 0 Å². The van der Waals surface area contributed by atoms with E-state index in [1.165, 1.54) is 10.6 Å². The van der Waals surface area contributed by atoms with Crippen LogP contribution in [0.4, 0.5) is 11.5 Å². The normalized spacial score (nSPS) is 19.3. The van der Waals surface area contributed by atoms with Crippen LogP contribution in [0.5, 0.6) is 0 Å². The third kappa shape index (κ3) is 5.76. The fraction of sp³-hybridized carbons (Fsp3) is 0.519. The number of anilines is 2. The number of benzene rings is 1. The highest BCUT2D eigenvalue weighted by molar-refractivity contribution is 7.18. The molecule has 35 heavy (non-hydrogen) atoms.